The molecular formula is C39H72O5S. The zero-order valence-electron chi connectivity index (χ0n) is 30.3. The van der Waals surface area contributed by atoms with E-state index >= 15 is 0 Å². The number of hydrogen-bond acceptors (Lipinski definition) is 6. The SMILES string of the molecule is CCCCCC(CC)CCOSCc1ccc(OC)cc1.CCCCCCCCC(CC)OC=O.CCCCCCCCC=O. The zero-order valence-corrected chi connectivity index (χ0v) is 31.1. The number of aldehydes is 1. The van der Waals surface area contributed by atoms with Crippen LogP contribution in [0.25, 0.3) is 0 Å². The minimum Gasteiger partial charge on any atom is -0.497 e. The van der Waals surface area contributed by atoms with Gasteiger partial charge in [0.05, 0.1) is 13.7 Å². The number of unbranched alkanes of at least 4 members (excludes halogenated alkanes) is 13. The van der Waals surface area contributed by atoms with E-state index in [0.29, 0.717) is 6.47 Å². The van der Waals surface area contributed by atoms with Crippen LogP contribution in [0.4, 0.5) is 0 Å². The first-order valence-electron chi connectivity index (χ1n) is 18.5. The third kappa shape index (κ3) is 33.6. The quantitative estimate of drug-likeness (QED) is 0.0487. The molecule has 1 rings (SSSR count). The molecule has 0 heterocycles. The fourth-order valence-electron chi connectivity index (χ4n) is 4.95. The van der Waals surface area contributed by atoms with E-state index in [1.54, 1.807) is 19.2 Å². The largest absolute Gasteiger partial charge is 0.497 e. The molecule has 264 valence electrons. The first-order valence-corrected chi connectivity index (χ1v) is 19.4. The van der Waals surface area contributed by atoms with Crippen molar-refractivity contribution in [3.8, 4) is 5.75 Å². The molecule has 6 heteroatoms. The van der Waals surface area contributed by atoms with E-state index in [9.17, 15) is 9.59 Å². The lowest BCUT2D eigenvalue weighted by Gasteiger charge is -2.14. The van der Waals surface area contributed by atoms with Crippen molar-refractivity contribution in [1.82, 2.24) is 0 Å². The zero-order chi connectivity index (χ0) is 33.6. The van der Waals surface area contributed by atoms with Crippen molar-refractivity contribution >= 4 is 24.8 Å². The van der Waals surface area contributed by atoms with Crippen molar-refractivity contribution in [2.24, 2.45) is 5.92 Å². The summed E-state index contributed by atoms with van der Waals surface area (Å²) in [5.41, 5.74) is 1.27. The molecule has 0 bridgehead atoms. The Kier molecular flexibility index (Phi) is 39.2. The predicted molar refractivity (Wildman–Crippen MR) is 196 cm³/mol. The van der Waals surface area contributed by atoms with E-state index in [1.165, 1.54) is 115 Å². The van der Waals surface area contributed by atoms with Gasteiger partial charge in [-0.2, -0.15) is 0 Å². The normalized spacial score (nSPS) is 11.8. The highest BCUT2D eigenvalue weighted by molar-refractivity contribution is 7.93. The van der Waals surface area contributed by atoms with Crippen LogP contribution in [0.3, 0.4) is 0 Å². The fourth-order valence-corrected chi connectivity index (χ4v) is 5.57. The Morgan fingerprint density at radius 1 is 0.667 bits per heavy atom. The number of methoxy groups -OCH3 is 1. The molecule has 0 aromatic heterocycles. The number of hydrogen-bond donors (Lipinski definition) is 0. The minimum absolute atomic E-state index is 0.152. The molecule has 5 nitrogen and oxygen atoms in total. The molecule has 0 amide bonds. The summed E-state index contributed by atoms with van der Waals surface area (Å²) in [5.74, 6) is 2.64. The first kappa shape index (κ1) is 45.6. The van der Waals surface area contributed by atoms with E-state index in [4.69, 9.17) is 13.7 Å². The number of ether oxygens (including phenoxy) is 2. The Bertz CT molecular complexity index is 712. The Labute approximate surface area is 283 Å². The highest BCUT2D eigenvalue weighted by Crippen LogP contribution is 2.21. The van der Waals surface area contributed by atoms with Gasteiger partial charge in [-0.3, -0.25) is 4.79 Å². The number of benzene rings is 1. The summed E-state index contributed by atoms with van der Waals surface area (Å²) < 4.78 is 15.8. The van der Waals surface area contributed by atoms with E-state index in [2.05, 4.69) is 46.8 Å². The number of carbonyl (C=O) groups excluding carboxylic acids is 2. The van der Waals surface area contributed by atoms with Gasteiger partial charge in [0.15, 0.2) is 0 Å². The van der Waals surface area contributed by atoms with Crippen molar-refractivity contribution in [2.75, 3.05) is 13.7 Å². The monoisotopic (exact) mass is 653 g/mol. The van der Waals surface area contributed by atoms with E-state index in [0.717, 1.165) is 56.0 Å². The molecule has 0 aliphatic rings. The average Bonchev–Trinajstić information content (AvgIpc) is 3.07. The van der Waals surface area contributed by atoms with Gasteiger partial charge in [0.1, 0.15) is 18.1 Å². The van der Waals surface area contributed by atoms with Crippen molar-refractivity contribution in [2.45, 2.75) is 181 Å². The topological polar surface area (TPSA) is 61.8 Å². The molecule has 0 aliphatic heterocycles. The maximum atomic E-state index is 10.1. The maximum Gasteiger partial charge on any atom is 0.293 e. The van der Waals surface area contributed by atoms with E-state index in [1.807, 2.05) is 12.1 Å². The summed E-state index contributed by atoms with van der Waals surface area (Å²) in [4.78, 5) is 20.0. The molecule has 0 spiro atoms. The van der Waals surface area contributed by atoms with Crippen LogP contribution in [0.2, 0.25) is 0 Å². The summed E-state index contributed by atoms with van der Waals surface area (Å²) in [6.07, 6.45) is 27.2. The second-order valence-corrected chi connectivity index (χ2v) is 12.8. The van der Waals surface area contributed by atoms with Gasteiger partial charge in [0.25, 0.3) is 6.47 Å². The molecule has 0 fully saturated rings. The first-order chi connectivity index (χ1) is 22.1. The Hall–Kier alpha value is -1.53. The van der Waals surface area contributed by atoms with E-state index < -0.39 is 0 Å². The molecule has 0 saturated carbocycles. The summed E-state index contributed by atoms with van der Waals surface area (Å²) in [7, 11) is 1.69. The second-order valence-electron chi connectivity index (χ2n) is 12.0. The molecule has 0 radical (unpaired) electrons. The summed E-state index contributed by atoms with van der Waals surface area (Å²) in [6.45, 7) is 12.5. The Morgan fingerprint density at radius 3 is 1.76 bits per heavy atom. The lowest BCUT2D eigenvalue weighted by Crippen LogP contribution is -2.10. The van der Waals surface area contributed by atoms with Crippen molar-refractivity contribution in [1.29, 1.82) is 0 Å². The molecule has 1 aromatic carbocycles. The van der Waals surface area contributed by atoms with Crippen LogP contribution in [0.1, 0.15) is 175 Å². The third-order valence-corrected chi connectivity index (χ3v) is 8.91. The highest BCUT2D eigenvalue weighted by atomic mass is 32.2. The lowest BCUT2D eigenvalue weighted by molar-refractivity contribution is -0.134. The van der Waals surface area contributed by atoms with Crippen LogP contribution in [0.5, 0.6) is 5.75 Å². The lowest BCUT2D eigenvalue weighted by atomic mass is 9.96. The molecule has 1 aromatic rings. The molecule has 0 saturated heterocycles. The van der Waals surface area contributed by atoms with Crippen LogP contribution in [-0.2, 0) is 24.3 Å². The van der Waals surface area contributed by atoms with Crippen LogP contribution in [-0.4, -0.2) is 32.6 Å². The van der Waals surface area contributed by atoms with Gasteiger partial charge >= 0.3 is 0 Å². The van der Waals surface area contributed by atoms with Gasteiger partial charge in [-0.25, -0.2) is 0 Å². The van der Waals surface area contributed by atoms with Gasteiger partial charge < -0.3 is 18.5 Å². The summed E-state index contributed by atoms with van der Waals surface area (Å²) in [5, 5.41) is 0. The van der Waals surface area contributed by atoms with E-state index in [-0.39, 0.29) is 6.10 Å². The maximum absolute atomic E-state index is 10.1. The number of rotatable bonds is 29. The predicted octanol–water partition coefficient (Wildman–Crippen LogP) is 12.5. The van der Waals surface area contributed by atoms with Crippen molar-refractivity contribution in [3.63, 3.8) is 0 Å². The molecule has 2 unspecified atom stereocenters. The smallest absolute Gasteiger partial charge is 0.293 e. The summed E-state index contributed by atoms with van der Waals surface area (Å²) in [6, 6.07) is 8.18. The molecule has 0 N–H and O–H groups in total. The van der Waals surface area contributed by atoms with Gasteiger partial charge in [-0.05, 0) is 67.8 Å². The molecular weight excluding hydrogens is 580 g/mol. The molecule has 0 aliphatic carbocycles. The number of carbonyl (C=O) groups is 2. The highest BCUT2D eigenvalue weighted by Gasteiger charge is 2.07. The van der Waals surface area contributed by atoms with Crippen molar-refractivity contribution < 1.29 is 23.2 Å². The van der Waals surface area contributed by atoms with Crippen LogP contribution in [0.15, 0.2) is 24.3 Å². The summed E-state index contributed by atoms with van der Waals surface area (Å²) >= 11 is 1.56. The average molecular weight is 653 g/mol. The van der Waals surface area contributed by atoms with Crippen molar-refractivity contribution in [3.05, 3.63) is 29.8 Å². The van der Waals surface area contributed by atoms with Gasteiger partial charge in [-0.1, -0.05) is 143 Å². The standard InChI is InChI=1S/C18H30O2S.C12H24O2.C9H18O/c1-4-6-7-8-16(5-2)13-14-20-21-15-17-9-11-18(19-3)12-10-17;1-3-5-6-7-8-9-10-12(4-2)14-11-13;1-2-3-4-5-6-7-8-9-10/h9-12,16H,4-8,13-15H2,1-3H3;11-12H,3-10H2,1-2H3;9H,2-8H2,1H3. The van der Waals surface area contributed by atoms with Crippen LogP contribution >= 0.6 is 12.0 Å². The Morgan fingerprint density at radius 2 is 1.22 bits per heavy atom. The van der Waals surface area contributed by atoms with Gasteiger partial charge in [0.2, 0.25) is 0 Å². The van der Waals surface area contributed by atoms with Crippen LogP contribution < -0.4 is 4.74 Å². The molecule has 45 heavy (non-hydrogen) atoms. The van der Waals surface area contributed by atoms with Gasteiger partial charge in [0, 0.05) is 12.2 Å². The Balaban J connectivity index is 0. The molecule has 2 atom stereocenters. The second kappa shape index (κ2) is 38.7. The minimum atomic E-state index is 0.152. The van der Waals surface area contributed by atoms with Crippen LogP contribution in [0, 0.1) is 5.92 Å². The fraction of sp³-hybridized carbons (Fsp3) is 0.795. The van der Waals surface area contributed by atoms with Gasteiger partial charge in [-0.15, -0.1) is 0 Å². The third-order valence-electron chi connectivity index (χ3n) is 8.13.